The third-order valence-corrected chi connectivity index (χ3v) is 6.24. The molecule has 0 amide bonds. The third kappa shape index (κ3) is 10.9. The molecule has 2 aromatic rings. The van der Waals surface area contributed by atoms with Crippen molar-refractivity contribution in [3.05, 3.63) is 60.2 Å². The predicted octanol–water partition coefficient (Wildman–Crippen LogP) is 2.97. The number of hydrogen-bond acceptors (Lipinski definition) is 7. The van der Waals surface area contributed by atoms with Crippen LogP contribution in [0.1, 0.15) is 54.3 Å². The summed E-state index contributed by atoms with van der Waals surface area (Å²) in [6.07, 6.45) is 9.38. The molecule has 0 N–H and O–H groups in total. The number of nitrogens with zero attached hydrogens (tertiary/aromatic N) is 3. The molecular weight excluding hydrogens is 554 g/mol. The standard InChI is InChI=1S/C18H22N2O4.C10H18BrNO2/c1-3-23-17(21)15-7-5-9-19(13-15)11-12-20-10-6-8-16(14-20)18(22)24-4-2;1-2-14-10(13)9-4-3-6-12(8-9)7-5-11/h5-10,13-14H,3-4,11-12H2,1-2H3;9H,2-8H2,1H3/q+2;. The predicted molar refractivity (Wildman–Crippen MR) is 145 cm³/mol. The minimum atomic E-state index is -0.330. The van der Waals surface area contributed by atoms with Gasteiger partial charge in [-0.05, 0) is 52.3 Å². The second-order valence-corrected chi connectivity index (χ2v) is 9.48. The fraction of sp³-hybridized carbons (Fsp3) is 0.536. The smallest absolute Gasteiger partial charge is 0.344 e. The average molecular weight is 595 g/mol. The molecule has 1 fully saturated rings. The first-order chi connectivity index (χ1) is 18.4. The van der Waals surface area contributed by atoms with Crippen molar-refractivity contribution in [3.63, 3.8) is 0 Å². The van der Waals surface area contributed by atoms with Gasteiger partial charge in [0.15, 0.2) is 24.8 Å². The van der Waals surface area contributed by atoms with Crippen LogP contribution in [0.15, 0.2) is 49.1 Å². The van der Waals surface area contributed by atoms with E-state index in [1.165, 1.54) is 0 Å². The highest BCUT2D eigenvalue weighted by Gasteiger charge is 2.26. The number of hydrogen-bond donors (Lipinski definition) is 0. The fourth-order valence-electron chi connectivity index (χ4n) is 4.05. The van der Waals surface area contributed by atoms with Gasteiger partial charge in [-0.25, -0.2) is 9.59 Å². The molecule has 1 aliphatic heterocycles. The molecule has 0 radical (unpaired) electrons. The SMILES string of the molecule is CCOC(=O)C1CCCN(CCBr)C1.CCOC(=O)c1ccc[n+](CC[n+]2cccc(C(=O)OCC)c2)c1. The van der Waals surface area contributed by atoms with Gasteiger partial charge in [0.05, 0.1) is 25.7 Å². The Morgan fingerprint density at radius 3 is 1.89 bits per heavy atom. The highest BCUT2D eigenvalue weighted by atomic mass is 79.9. The number of rotatable bonds is 11. The molecule has 1 aliphatic rings. The van der Waals surface area contributed by atoms with Gasteiger partial charge >= 0.3 is 17.9 Å². The van der Waals surface area contributed by atoms with Crippen molar-refractivity contribution in [2.75, 3.05) is 44.8 Å². The molecule has 1 atom stereocenters. The van der Waals surface area contributed by atoms with Crippen molar-refractivity contribution in [2.45, 2.75) is 46.7 Å². The molecule has 2 aromatic heterocycles. The number of carbonyl (C=O) groups excluding carboxylic acids is 3. The molecule has 0 saturated carbocycles. The Morgan fingerprint density at radius 2 is 1.42 bits per heavy atom. The molecule has 0 spiro atoms. The lowest BCUT2D eigenvalue weighted by Gasteiger charge is -2.30. The van der Waals surface area contributed by atoms with Crippen LogP contribution in [0.4, 0.5) is 0 Å². The Bertz CT molecular complexity index is 972. The summed E-state index contributed by atoms with van der Waals surface area (Å²) in [7, 11) is 0. The first kappa shape index (κ1) is 31.4. The van der Waals surface area contributed by atoms with Gasteiger partial charge in [-0.1, -0.05) is 15.9 Å². The topological polar surface area (TPSA) is 89.9 Å². The first-order valence-corrected chi connectivity index (χ1v) is 14.3. The summed E-state index contributed by atoms with van der Waals surface area (Å²) in [6, 6.07) is 7.07. The first-order valence-electron chi connectivity index (χ1n) is 13.2. The van der Waals surface area contributed by atoms with Gasteiger partial charge in [0, 0.05) is 30.6 Å². The van der Waals surface area contributed by atoms with Gasteiger partial charge in [-0.15, -0.1) is 0 Å². The van der Waals surface area contributed by atoms with E-state index in [0.717, 1.165) is 37.8 Å². The molecule has 0 aromatic carbocycles. The lowest BCUT2D eigenvalue weighted by molar-refractivity contribution is -0.778. The van der Waals surface area contributed by atoms with E-state index in [1.807, 2.05) is 40.6 Å². The number of piperidine rings is 1. The number of aromatic nitrogens is 2. The van der Waals surface area contributed by atoms with Gasteiger partial charge < -0.3 is 19.1 Å². The van der Waals surface area contributed by atoms with Crippen molar-refractivity contribution in [2.24, 2.45) is 5.92 Å². The zero-order valence-corrected chi connectivity index (χ0v) is 24.2. The van der Waals surface area contributed by atoms with Crippen molar-refractivity contribution < 1.29 is 37.7 Å². The van der Waals surface area contributed by atoms with Crippen molar-refractivity contribution in [1.82, 2.24) is 4.90 Å². The number of esters is 3. The second-order valence-electron chi connectivity index (χ2n) is 8.68. The summed E-state index contributed by atoms with van der Waals surface area (Å²) in [5.41, 5.74) is 1.04. The normalized spacial score (nSPS) is 15.1. The average Bonchev–Trinajstić information content (AvgIpc) is 2.93. The minimum absolute atomic E-state index is 0.0215. The van der Waals surface area contributed by atoms with Crippen molar-refractivity contribution in [3.8, 4) is 0 Å². The van der Waals surface area contributed by atoms with Crippen LogP contribution >= 0.6 is 15.9 Å². The van der Waals surface area contributed by atoms with Crippen molar-refractivity contribution >= 4 is 33.8 Å². The number of ether oxygens (including phenoxy) is 3. The quantitative estimate of drug-likeness (QED) is 0.171. The van der Waals surface area contributed by atoms with Crippen LogP contribution in [0.25, 0.3) is 0 Å². The summed E-state index contributed by atoms with van der Waals surface area (Å²) in [5, 5.41) is 0.975. The van der Waals surface area contributed by atoms with E-state index in [9.17, 15) is 14.4 Å². The third-order valence-electron chi connectivity index (χ3n) is 5.88. The second kappa shape index (κ2) is 17.6. The number of likely N-dealkylation sites (tertiary alicyclic amines) is 1. The van der Waals surface area contributed by atoms with Crippen LogP contribution < -0.4 is 9.13 Å². The molecule has 3 rings (SSSR count). The van der Waals surface area contributed by atoms with Crippen LogP contribution in [0.3, 0.4) is 0 Å². The van der Waals surface area contributed by atoms with Crippen LogP contribution in [-0.2, 0) is 32.1 Å². The van der Waals surface area contributed by atoms with Gasteiger partial charge in [-0.2, -0.15) is 9.13 Å². The molecule has 1 saturated heterocycles. The molecule has 0 aliphatic carbocycles. The maximum atomic E-state index is 11.8. The van der Waals surface area contributed by atoms with E-state index in [2.05, 4.69) is 20.8 Å². The summed E-state index contributed by atoms with van der Waals surface area (Å²) < 4.78 is 18.9. The zero-order valence-electron chi connectivity index (χ0n) is 22.6. The van der Waals surface area contributed by atoms with Crippen LogP contribution in [0.5, 0.6) is 0 Å². The number of halogens is 1. The lowest BCUT2D eigenvalue weighted by Crippen LogP contribution is -2.44. The largest absolute Gasteiger partial charge is 0.466 e. The molecule has 38 heavy (non-hydrogen) atoms. The molecule has 0 bridgehead atoms. The van der Waals surface area contributed by atoms with Gasteiger partial charge in [0.2, 0.25) is 13.1 Å². The number of aryl methyl sites for hydroxylation is 2. The van der Waals surface area contributed by atoms with Gasteiger partial charge in [0.1, 0.15) is 11.1 Å². The molecule has 9 nitrogen and oxygen atoms in total. The zero-order chi connectivity index (χ0) is 27.8. The Kier molecular flexibility index (Phi) is 14.5. The molecule has 3 heterocycles. The van der Waals surface area contributed by atoms with E-state index in [-0.39, 0.29) is 23.8 Å². The van der Waals surface area contributed by atoms with Crippen molar-refractivity contribution in [1.29, 1.82) is 0 Å². The molecular formula is C28H40BrN3O6+2. The highest BCUT2D eigenvalue weighted by molar-refractivity contribution is 9.09. The van der Waals surface area contributed by atoms with E-state index in [4.69, 9.17) is 14.2 Å². The summed E-state index contributed by atoms with van der Waals surface area (Å²) in [6.45, 7) is 10.9. The Morgan fingerprint density at radius 1 is 0.895 bits per heavy atom. The Labute approximate surface area is 233 Å². The maximum absolute atomic E-state index is 11.8. The Balaban J connectivity index is 0.000000308. The van der Waals surface area contributed by atoms with E-state index < -0.39 is 0 Å². The van der Waals surface area contributed by atoms with E-state index >= 15 is 0 Å². The van der Waals surface area contributed by atoms with E-state index in [1.54, 1.807) is 38.4 Å². The van der Waals surface area contributed by atoms with Gasteiger partial charge in [-0.3, -0.25) is 4.79 Å². The summed E-state index contributed by atoms with van der Waals surface area (Å²) >= 11 is 3.41. The summed E-state index contributed by atoms with van der Waals surface area (Å²) in [4.78, 5) is 37.3. The van der Waals surface area contributed by atoms with Crippen LogP contribution in [0.2, 0.25) is 0 Å². The maximum Gasteiger partial charge on any atom is 0.344 e. The fourth-order valence-corrected chi connectivity index (χ4v) is 4.56. The molecule has 1 unspecified atom stereocenters. The van der Waals surface area contributed by atoms with Crippen LogP contribution in [-0.4, -0.2) is 67.6 Å². The minimum Gasteiger partial charge on any atom is -0.466 e. The molecule has 208 valence electrons. The number of carbonyl (C=O) groups is 3. The number of pyridine rings is 2. The van der Waals surface area contributed by atoms with E-state index in [0.29, 0.717) is 44.0 Å². The number of alkyl halides is 1. The Hall–Kier alpha value is -2.85. The molecule has 10 heteroatoms. The summed E-state index contributed by atoms with van der Waals surface area (Å²) in [5.74, 6) is -0.581. The van der Waals surface area contributed by atoms with Crippen LogP contribution in [0, 0.1) is 5.92 Å². The monoisotopic (exact) mass is 593 g/mol. The van der Waals surface area contributed by atoms with Gasteiger partial charge in [0.25, 0.3) is 0 Å². The highest BCUT2D eigenvalue weighted by Crippen LogP contribution is 2.17. The lowest BCUT2D eigenvalue weighted by atomic mass is 9.98.